The summed E-state index contributed by atoms with van der Waals surface area (Å²) in [6, 6.07) is 6.61. The maximum absolute atomic E-state index is 13.6. The summed E-state index contributed by atoms with van der Waals surface area (Å²) in [7, 11) is 1.82. The Morgan fingerprint density at radius 2 is 1.77 bits per heavy atom. The SMILES string of the molecule is CN(CCCNC(=O)CCCNC(=O)OC(C)(C)C)c1ccccc1F. The van der Waals surface area contributed by atoms with E-state index in [1.807, 2.05) is 11.9 Å². The Hall–Kier alpha value is -2.31. The summed E-state index contributed by atoms with van der Waals surface area (Å²) in [5.41, 5.74) is 0.0177. The number of carbonyl (C=O) groups excluding carboxylic acids is 2. The zero-order valence-electron chi connectivity index (χ0n) is 16.1. The van der Waals surface area contributed by atoms with Gasteiger partial charge in [0.2, 0.25) is 5.91 Å². The van der Waals surface area contributed by atoms with Crippen LogP contribution >= 0.6 is 0 Å². The van der Waals surface area contributed by atoms with Gasteiger partial charge in [0.1, 0.15) is 11.4 Å². The van der Waals surface area contributed by atoms with Gasteiger partial charge in [0.05, 0.1) is 5.69 Å². The van der Waals surface area contributed by atoms with Crippen molar-refractivity contribution in [2.24, 2.45) is 0 Å². The number of halogens is 1. The summed E-state index contributed by atoms with van der Waals surface area (Å²) in [5.74, 6) is -0.318. The molecule has 1 aromatic carbocycles. The molecule has 0 spiro atoms. The van der Waals surface area contributed by atoms with E-state index in [4.69, 9.17) is 4.74 Å². The number of hydrogen-bond donors (Lipinski definition) is 2. The van der Waals surface area contributed by atoms with Crippen molar-refractivity contribution in [2.45, 2.75) is 45.6 Å². The van der Waals surface area contributed by atoms with Crippen LogP contribution in [0.15, 0.2) is 24.3 Å². The first-order valence-electron chi connectivity index (χ1n) is 8.88. The Labute approximate surface area is 155 Å². The molecule has 0 fully saturated rings. The first-order chi connectivity index (χ1) is 12.2. The second kappa shape index (κ2) is 10.6. The van der Waals surface area contributed by atoms with Crippen LogP contribution in [0.3, 0.4) is 0 Å². The zero-order valence-corrected chi connectivity index (χ0v) is 16.1. The molecule has 0 saturated heterocycles. The molecule has 1 rings (SSSR count). The van der Waals surface area contributed by atoms with Gasteiger partial charge in [-0.05, 0) is 45.7 Å². The summed E-state index contributed by atoms with van der Waals surface area (Å²) in [5, 5.41) is 5.44. The van der Waals surface area contributed by atoms with Crippen LogP contribution in [0, 0.1) is 5.82 Å². The molecule has 0 saturated carbocycles. The summed E-state index contributed by atoms with van der Waals surface area (Å²) >= 11 is 0. The molecular weight excluding hydrogens is 337 g/mol. The van der Waals surface area contributed by atoms with Crippen molar-refractivity contribution in [2.75, 3.05) is 31.6 Å². The molecule has 2 N–H and O–H groups in total. The summed E-state index contributed by atoms with van der Waals surface area (Å²) in [6.45, 7) is 6.94. The molecule has 1 aromatic rings. The fourth-order valence-electron chi connectivity index (χ4n) is 2.27. The predicted molar refractivity (Wildman–Crippen MR) is 101 cm³/mol. The molecule has 0 radical (unpaired) electrons. The van der Waals surface area contributed by atoms with E-state index >= 15 is 0 Å². The average Bonchev–Trinajstić information content (AvgIpc) is 2.54. The summed E-state index contributed by atoms with van der Waals surface area (Å²) in [6.07, 6.45) is 1.11. The van der Waals surface area contributed by atoms with E-state index in [-0.39, 0.29) is 11.7 Å². The molecule has 0 bridgehead atoms. The van der Waals surface area contributed by atoms with Crippen molar-refractivity contribution in [3.8, 4) is 0 Å². The van der Waals surface area contributed by atoms with Gasteiger partial charge in [-0.3, -0.25) is 4.79 Å². The Morgan fingerprint density at radius 3 is 2.42 bits per heavy atom. The fraction of sp³-hybridized carbons (Fsp3) is 0.579. The van der Waals surface area contributed by atoms with Crippen LogP contribution in [0.25, 0.3) is 0 Å². The summed E-state index contributed by atoms with van der Waals surface area (Å²) < 4.78 is 18.8. The lowest BCUT2D eigenvalue weighted by Crippen LogP contribution is -2.33. The predicted octanol–water partition coefficient (Wildman–Crippen LogP) is 3.07. The van der Waals surface area contributed by atoms with Crippen molar-refractivity contribution >= 4 is 17.7 Å². The number of anilines is 1. The molecule has 0 heterocycles. The lowest BCUT2D eigenvalue weighted by molar-refractivity contribution is -0.121. The van der Waals surface area contributed by atoms with Crippen LogP contribution in [-0.2, 0) is 9.53 Å². The quantitative estimate of drug-likeness (QED) is 0.658. The first-order valence-corrected chi connectivity index (χ1v) is 8.88. The Kier molecular flexibility index (Phi) is 8.88. The van der Waals surface area contributed by atoms with Crippen LogP contribution in [0.1, 0.15) is 40.0 Å². The van der Waals surface area contributed by atoms with E-state index in [9.17, 15) is 14.0 Å². The fourth-order valence-corrected chi connectivity index (χ4v) is 2.27. The number of hydrogen-bond acceptors (Lipinski definition) is 4. The van der Waals surface area contributed by atoms with Crippen LogP contribution < -0.4 is 15.5 Å². The first kappa shape index (κ1) is 21.7. The molecule has 0 aromatic heterocycles. The molecule has 0 unspecified atom stereocenters. The van der Waals surface area contributed by atoms with Crippen LogP contribution in [0.2, 0.25) is 0 Å². The van der Waals surface area contributed by atoms with Gasteiger partial charge in [0.15, 0.2) is 0 Å². The number of carbonyl (C=O) groups is 2. The van der Waals surface area contributed by atoms with Gasteiger partial charge in [-0.2, -0.15) is 0 Å². The third-order valence-electron chi connectivity index (χ3n) is 3.51. The molecular formula is C19H30FN3O3. The van der Waals surface area contributed by atoms with Gasteiger partial charge in [-0.25, -0.2) is 9.18 Å². The molecule has 6 nitrogen and oxygen atoms in total. The van der Waals surface area contributed by atoms with Gasteiger partial charge in [-0.1, -0.05) is 12.1 Å². The second-order valence-corrected chi connectivity index (χ2v) is 7.11. The molecule has 2 amide bonds. The number of ether oxygens (including phenoxy) is 1. The maximum Gasteiger partial charge on any atom is 0.407 e. The van der Waals surface area contributed by atoms with E-state index in [1.54, 1.807) is 39.0 Å². The number of alkyl carbamates (subject to hydrolysis) is 1. The minimum atomic E-state index is -0.530. The van der Waals surface area contributed by atoms with Crippen LogP contribution in [0.4, 0.5) is 14.9 Å². The topological polar surface area (TPSA) is 70.7 Å². The monoisotopic (exact) mass is 367 g/mol. The number of nitrogens with one attached hydrogen (secondary N) is 2. The number of para-hydroxylation sites is 1. The highest BCUT2D eigenvalue weighted by molar-refractivity contribution is 5.75. The number of amides is 2. The third kappa shape index (κ3) is 9.25. The molecule has 0 aliphatic carbocycles. The van der Waals surface area contributed by atoms with Gasteiger partial charge >= 0.3 is 6.09 Å². The minimum Gasteiger partial charge on any atom is -0.444 e. The molecule has 0 atom stereocenters. The summed E-state index contributed by atoms with van der Waals surface area (Å²) in [4.78, 5) is 25.0. The van der Waals surface area contributed by atoms with Gasteiger partial charge in [0, 0.05) is 33.1 Å². The molecule has 7 heteroatoms. The minimum absolute atomic E-state index is 0.0652. The van der Waals surface area contributed by atoms with E-state index in [1.165, 1.54) is 6.07 Å². The van der Waals surface area contributed by atoms with Gasteiger partial charge in [-0.15, -0.1) is 0 Å². The van der Waals surface area contributed by atoms with Crippen molar-refractivity contribution in [3.63, 3.8) is 0 Å². The third-order valence-corrected chi connectivity index (χ3v) is 3.51. The average molecular weight is 367 g/mol. The number of rotatable bonds is 9. The Bertz CT molecular complexity index is 588. The highest BCUT2D eigenvalue weighted by Crippen LogP contribution is 2.16. The standard InChI is InChI=1S/C19H30FN3O3/c1-19(2,3)26-18(25)22-12-7-11-17(24)21-13-8-14-23(4)16-10-6-5-9-15(16)20/h5-6,9-10H,7-8,11-14H2,1-4H3,(H,21,24)(H,22,25). The van der Waals surface area contributed by atoms with E-state index in [0.29, 0.717) is 44.6 Å². The lowest BCUT2D eigenvalue weighted by atomic mass is 10.2. The molecule has 146 valence electrons. The maximum atomic E-state index is 13.6. The van der Waals surface area contributed by atoms with E-state index in [2.05, 4.69) is 10.6 Å². The van der Waals surface area contributed by atoms with E-state index < -0.39 is 11.7 Å². The molecule has 26 heavy (non-hydrogen) atoms. The number of nitrogens with zero attached hydrogens (tertiary/aromatic N) is 1. The van der Waals surface area contributed by atoms with Gasteiger partial charge < -0.3 is 20.3 Å². The van der Waals surface area contributed by atoms with Crippen molar-refractivity contribution < 1.29 is 18.7 Å². The van der Waals surface area contributed by atoms with E-state index in [0.717, 1.165) is 0 Å². The van der Waals surface area contributed by atoms with Crippen molar-refractivity contribution in [1.29, 1.82) is 0 Å². The second-order valence-electron chi connectivity index (χ2n) is 7.11. The smallest absolute Gasteiger partial charge is 0.407 e. The normalized spacial score (nSPS) is 11.0. The zero-order chi connectivity index (χ0) is 19.6. The largest absolute Gasteiger partial charge is 0.444 e. The van der Waals surface area contributed by atoms with Crippen LogP contribution in [-0.4, -0.2) is 44.3 Å². The van der Waals surface area contributed by atoms with Crippen molar-refractivity contribution in [3.05, 3.63) is 30.1 Å². The molecule has 0 aliphatic heterocycles. The lowest BCUT2D eigenvalue weighted by Gasteiger charge is -2.20. The highest BCUT2D eigenvalue weighted by atomic mass is 19.1. The highest BCUT2D eigenvalue weighted by Gasteiger charge is 2.15. The Morgan fingerprint density at radius 1 is 1.12 bits per heavy atom. The van der Waals surface area contributed by atoms with Gasteiger partial charge in [0.25, 0.3) is 0 Å². The Balaban J connectivity index is 2.10. The van der Waals surface area contributed by atoms with Crippen LogP contribution in [0.5, 0.6) is 0 Å². The molecule has 0 aliphatic rings. The number of benzene rings is 1. The van der Waals surface area contributed by atoms with Crippen molar-refractivity contribution in [1.82, 2.24) is 10.6 Å².